The van der Waals surface area contributed by atoms with Crippen LogP contribution in [0.2, 0.25) is 0 Å². The molecule has 1 heterocycles. The molecule has 16 heavy (non-hydrogen) atoms. The number of hydrazone groups is 1. The van der Waals surface area contributed by atoms with Gasteiger partial charge < -0.3 is 5.11 Å². The van der Waals surface area contributed by atoms with Crippen molar-refractivity contribution < 1.29 is 5.11 Å². The second-order valence-electron chi connectivity index (χ2n) is 5.16. The minimum atomic E-state index is 0.503. The molecule has 3 nitrogen and oxygen atoms in total. The van der Waals surface area contributed by atoms with Gasteiger partial charge in [0.1, 0.15) is 0 Å². The van der Waals surface area contributed by atoms with Crippen LogP contribution in [0.15, 0.2) is 28.6 Å². The fourth-order valence-electron chi connectivity index (χ4n) is 2.91. The highest BCUT2D eigenvalue weighted by Crippen LogP contribution is 2.32. The molecule has 0 aromatic rings. The summed E-state index contributed by atoms with van der Waals surface area (Å²) in [6.45, 7) is 3.26. The molecule has 86 valence electrons. The van der Waals surface area contributed by atoms with E-state index in [1.165, 1.54) is 17.7 Å². The molecule has 3 heteroatoms. The van der Waals surface area contributed by atoms with Crippen molar-refractivity contribution in [2.45, 2.75) is 38.6 Å². The van der Waals surface area contributed by atoms with Crippen LogP contribution in [0, 0.1) is 5.92 Å². The molecule has 0 aromatic carbocycles. The van der Waals surface area contributed by atoms with Gasteiger partial charge in [0.25, 0.3) is 0 Å². The summed E-state index contributed by atoms with van der Waals surface area (Å²) < 4.78 is 0. The number of allylic oxidation sites excluding steroid dienone is 3. The van der Waals surface area contributed by atoms with Gasteiger partial charge in [-0.3, -0.25) is 5.01 Å². The number of aliphatic hydroxyl groups is 1. The van der Waals surface area contributed by atoms with E-state index in [0.717, 1.165) is 25.8 Å². The summed E-state index contributed by atoms with van der Waals surface area (Å²) in [6.07, 6.45) is 8.16. The number of hydrogen-bond donors (Lipinski definition) is 1. The van der Waals surface area contributed by atoms with Gasteiger partial charge in [0, 0.05) is 18.9 Å². The van der Waals surface area contributed by atoms with Crippen LogP contribution in [0.3, 0.4) is 0 Å². The lowest BCUT2D eigenvalue weighted by Crippen LogP contribution is -2.32. The molecule has 0 saturated carbocycles. The summed E-state index contributed by atoms with van der Waals surface area (Å²) in [7, 11) is 0. The Balaban J connectivity index is 1.71. The van der Waals surface area contributed by atoms with Gasteiger partial charge in [-0.2, -0.15) is 5.10 Å². The number of nitrogens with zero attached hydrogens (tertiary/aromatic N) is 2. The van der Waals surface area contributed by atoms with Gasteiger partial charge in [-0.05, 0) is 38.3 Å². The van der Waals surface area contributed by atoms with E-state index in [1.807, 2.05) is 6.08 Å². The highest BCUT2D eigenvalue weighted by Gasteiger charge is 2.33. The third-order valence-electron chi connectivity index (χ3n) is 3.81. The van der Waals surface area contributed by atoms with Gasteiger partial charge in [0.2, 0.25) is 0 Å². The Morgan fingerprint density at radius 3 is 3.06 bits per heavy atom. The lowest BCUT2D eigenvalue weighted by Gasteiger charge is -2.28. The van der Waals surface area contributed by atoms with E-state index >= 15 is 0 Å². The monoisotopic (exact) mass is 218 g/mol. The average Bonchev–Trinajstić information content (AvgIpc) is 2.75. The zero-order valence-electron chi connectivity index (χ0n) is 9.69. The van der Waals surface area contributed by atoms with Crippen LogP contribution in [0.25, 0.3) is 0 Å². The van der Waals surface area contributed by atoms with E-state index in [-0.39, 0.29) is 0 Å². The van der Waals surface area contributed by atoms with E-state index in [9.17, 15) is 5.11 Å². The van der Waals surface area contributed by atoms with Crippen LogP contribution in [-0.4, -0.2) is 28.4 Å². The van der Waals surface area contributed by atoms with Crippen LogP contribution in [0.1, 0.15) is 32.6 Å². The first-order chi connectivity index (χ1) is 7.72. The SMILES string of the molecule is CC1=CC2=NN(C3CC=C(O)CC3)CC2C1. The molecule has 1 aliphatic heterocycles. The predicted molar refractivity (Wildman–Crippen MR) is 64.4 cm³/mol. The van der Waals surface area contributed by atoms with Gasteiger partial charge in [0.05, 0.1) is 17.5 Å². The highest BCUT2D eigenvalue weighted by molar-refractivity contribution is 6.00. The highest BCUT2D eigenvalue weighted by atomic mass is 16.3. The Morgan fingerprint density at radius 2 is 2.38 bits per heavy atom. The van der Waals surface area contributed by atoms with Crippen LogP contribution >= 0.6 is 0 Å². The molecule has 3 rings (SSSR count). The summed E-state index contributed by atoms with van der Waals surface area (Å²) in [6, 6.07) is 0.503. The molecule has 2 atom stereocenters. The summed E-state index contributed by atoms with van der Waals surface area (Å²) in [5.41, 5.74) is 2.74. The molecule has 2 aliphatic carbocycles. The number of aliphatic hydroxyl groups excluding tert-OH is 1. The Hall–Kier alpha value is -1.25. The quantitative estimate of drug-likeness (QED) is 0.734. The van der Waals surface area contributed by atoms with Crippen LogP contribution in [0.5, 0.6) is 0 Å². The van der Waals surface area contributed by atoms with E-state index in [1.54, 1.807) is 0 Å². The van der Waals surface area contributed by atoms with Crippen molar-refractivity contribution >= 4 is 5.71 Å². The second-order valence-corrected chi connectivity index (χ2v) is 5.16. The minimum Gasteiger partial charge on any atom is -0.513 e. The zero-order chi connectivity index (χ0) is 11.1. The van der Waals surface area contributed by atoms with Crippen LogP contribution < -0.4 is 0 Å². The molecule has 0 saturated heterocycles. The van der Waals surface area contributed by atoms with Crippen molar-refractivity contribution in [3.63, 3.8) is 0 Å². The number of hydrogen-bond acceptors (Lipinski definition) is 3. The van der Waals surface area contributed by atoms with Gasteiger partial charge in [0.15, 0.2) is 0 Å². The lowest BCUT2D eigenvalue weighted by atomic mass is 9.99. The van der Waals surface area contributed by atoms with Crippen molar-refractivity contribution in [3.8, 4) is 0 Å². The van der Waals surface area contributed by atoms with E-state index in [0.29, 0.717) is 17.7 Å². The predicted octanol–water partition coefficient (Wildman–Crippen LogP) is 2.62. The molecule has 0 aromatic heterocycles. The number of rotatable bonds is 1. The standard InChI is InChI=1S/C13H18N2O/c1-9-6-10-8-15(14-13(10)7-9)11-2-4-12(16)5-3-11/h4,7,10-11,16H,2-3,5-6,8H2,1H3. The normalized spacial score (nSPS) is 33.3. The fourth-order valence-corrected chi connectivity index (χ4v) is 2.91. The average molecular weight is 218 g/mol. The van der Waals surface area contributed by atoms with Crippen molar-refractivity contribution in [2.75, 3.05) is 6.54 Å². The second kappa shape index (κ2) is 3.65. The van der Waals surface area contributed by atoms with Gasteiger partial charge in [-0.1, -0.05) is 5.57 Å². The smallest absolute Gasteiger partial charge is 0.0884 e. The third-order valence-corrected chi connectivity index (χ3v) is 3.81. The summed E-state index contributed by atoms with van der Waals surface area (Å²) in [5, 5.41) is 16.3. The largest absolute Gasteiger partial charge is 0.513 e. The number of fused-ring (bicyclic) bond motifs is 1. The third kappa shape index (κ3) is 1.64. The summed E-state index contributed by atoms with van der Waals surface area (Å²) >= 11 is 0. The van der Waals surface area contributed by atoms with Crippen molar-refractivity contribution in [1.82, 2.24) is 5.01 Å². The molecule has 0 spiro atoms. The van der Waals surface area contributed by atoms with Gasteiger partial charge >= 0.3 is 0 Å². The first kappa shape index (κ1) is 9.94. The van der Waals surface area contributed by atoms with Crippen molar-refractivity contribution in [3.05, 3.63) is 23.5 Å². The van der Waals surface area contributed by atoms with Gasteiger partial charge in [-0.15, -0.1) is 0 Å². The van der Waals surface area contributed by atoms with E-state index in [4.69, 9.17) is 5.10 Å². The fraction of sp³-hybridized carbons (Fsp3) is 0.615. The first-order valence-electron chi connectivity index (χ1n) is 6.12. The van der Waals surface area contributed by atoms with Crippen LogP contribution in [-0.2, 0) is 0 Å². The zero-order valence-corrected chi connectivity index (χ0v) is 9.69. The van der Waals surface area contributed by atoms with Crippen molar-refractivity contribution in [1.29, 1.82) is 0 Å². The molecule has 0 radical (unpaired) electrons. The van der Waals surface area contributed by atoms with E-state index < -0.39 is 0 Å². The first-order valence-corrected chi connectivity index (χ1v) is 6.12. The molecule has 1 N–H and O–H groups in total. The molecule has 0 fully saturated rings. The summed E-state index contributed by atoms with van der Waals surface area (Å²) in [4.78, 5) is 0. The Labute approximate surface area is 96.1 Å². The molecule has 0 amide bonds. The Kier molecular flexibility index (Phi) is 2.27. The Morgan fingerprint density at radius 1 is 1.50 bits per heavy atom. The van der Waals surface area contributed by atoms with Crippen LogP contribution in [0.4, 0.5) is 0 Å². The maximum absolute atomic E-state index is 9.36. The maximum atomic E-state index is 9.36. The molecule has 3 aliphatic rings. The maximum Gasteiger partial charge on any atom is 0.0884 e. The minimum absolute atomic E-state index is 0.503. The molecular formula is C13H18N2O. The van der Waals surface area contributed by atoms with Crippen molar-refractivity contribution in [2.24, 2.45) is 11.0 Å². The lowest BCUT2D eigenvalue weighted by molar-refractivity contribution is 0.186. The van der Waals surface area contributed by atoms with Gasteiger partial charge in [-0.25, -0.2) is 0 Å². The summed E-state index contributed by atoms with van der Waals surface area (Å²) in [5.74, 6) is 1.19. The molecule has 2 unspecified atom stereocenters. The molecule has 0 bridgehead atoms. The topological polar surface area (TPSA) is 35.8 Å². The molecular weight excluding hydrogens is 200 g/mol. The Bertz CT molecular complexity index is 395. The van der Waals surface area contributed by atoms with E-state index in [2.05, 4.69) is 18.0 Å².